The van der Waals surface area contributed by atoms with Gasteiger partial charge in [-0.25, -0.2) is 13.4 Å². The first kappa shape index (κ1) is 21.9. The molecular formula is C24H17F3N4O2S. The van der Waals surface area contributed by atoms with Gasteiger partial charge in [0.2, 0.25) is 10.9 Å². The first-order valence-corrected chi connectivity index (χ1v) is 11.3. The number of nitrogens with one attached hydrogen (secondary N) is 2. The van der Waals surface area contributed by atoms with Crippen LogP contribution >= 0.6 is 0 Å². The Morgan fingerprint density at radius 2 is 1.41 bits per heavy atom. The summed E-state index contributed by atoms with van der Waals surface area (Å²) in [6, 6.07) is 23.3. The number of rotatable bonds is 5. The topological polar surface area (TPSA) is 76.0 Å². The van der Waals surface area contributed by atoms with Gasteiger partial charge in [0, 0.05) is 23.1 Å². The Kier molecular flexibility index (Phi) is 5.46. The molecule has 10 heteroatoms. The molecule has 0 aliphatic heterocycles. The molecule has 0 aliphatic carbocycles. The summed E-state index contributed by atoms with van der Waals surface area (Å²) in [6.45, 7) is 0. The number of hydrogen-bond acceptors (Lipinski definition) is 4. The van der Waals surface area contributed by atoms with Crippen LogP contribution in [0.2, 0.25) is 0 Å². The number of hydrogen-bond donors (Lipinski definition) is 3. The SMILES string of the molecule is O=[SH](=O)NNc1ccc(-n2cc(C(F)(F)F)nc2-c2c3ccccc3cc3ccccc23)cc1. The summed E-state index contributed by atoms with van der Waals surface area (Å²) < 4.78 is 64.0. The van der Waals surface area contributed by atoms with Crippen LogP contribution in [0.5, 0.6) is 0 Å². The van der Waals surface area contributed by atoms with Gasteiger partial charge < -0.3 is 5.43 Å². The van der Waals surface area contributed by atoms with Crippen molar-refractivity contribution in [3.63, 3.8) is 0 Å². The highest BCUT2D eigenvalue weighted by Crippen LogP contribution is 2.39. The smallest absolute Gasteiger partial charge is 0.308 e. The number of anilines is 1. The first-order chi connectivity index (χ1) is 16.3. The fraction of sp³-hybridized carbons (Fsp3) is 0.0417. The number of benzene rings is 4. The van der Waals surface area contributed by atoms with Crippen molar-refractivity contribution in [1.82, 2.24) is 14.4 Å². The van der Waals surface area contributed by atoms with Gasteiger partial charge in [0.05, 0.1) is 0 Å². The number of halogens is 3. The number of imidazole rings is 1. The van der Waals surface area contributed by atoms with Crippen LogP contribution in [0.4, 0.5) is 18.9 Å². The lowest BCUT2D eigenvalue weighted by molar-refractivity contribution is -0.140. The van der Waals surface area contributed by atoms with Crippen molar-refractivity contribution in [3.8, 4) is 17.1 Å². The Hall–Kier alpha value is -3.89. The van der Waals surface area contributed by atoms with Crippen LogP contribution in [-0.2, 0) is 17.1 Å². The fourth-order valence-corrected chi connectivity index (χ4v) is 4.18. The van der Waals surface area contributed by atoms with Gasteiger partial charge in [0.15, 0.2) is 5.69 Å². The van der Waals surface area contributed by atoms with Crippen molar-refractivity contribution in [2.45, 2.75) is 6.18 Å². The second-order valence-corrected chi connectivity index (χ2v) is 8.29. The highest BCUT2D eigenvalue weighted by Gasteiger charge is 2.35. The van der Waals surface area contributed by atoms with Crippen molar-refractivity contribution in [3.05, 3.63) is 90.8 Å². The number of alkyl halides is 3. The Morgan fingerprint density at radius 1 is 0.824 bits per heavy atom. The van der Waals surface area contributed by atoms with Crippen LogP contribution < -0.4 is 10.3 Å². The molecule has 0 radical (unpaired) electrons. The second kappa shape index (κ2) is 8.47. The van der Waals surface area contributed by atoms with Crippen molar-refractivity contribution in [2.24, 2.45) is 0 Å². The van der Waals surface area contributed by atoms with Crippen LogP contribution in [0.15, 0.2) is 85.1 Å². The molecule has 5 aromatic rings. The predicted octanol–water partition coefficient (Wildman–Crippen LogP) is 5.31. The molecule has 1 heterocycles. The van der Waals surface area contributed by atoms with Crippen molar-refractivity contribution < 1.29 is 21.6 Å². The zero-order valence-electron chi connectivity index (χ0n) is 17.4. The Bertz CT molecular complexity index is 1530. The number of fused-ring (bicyclic) bond motifs is 2. The first-order valence-electron chi connectivity index (χ1n) is 10.2. The molecule has 2 N–H and O–H groups in total. The van der Waals surface area contributed by atoms with E-state index in [1.807, 2.05) is 54.6 Å². The van der Waals surface area contributed by atoms with Gasteiger partial charge in [-0.1, -0.05) is 48.5 Å². The maximum Gasteiger partial charge on any atom is 0.434 e. The molecule has 5 rings (SSSR count). The largest absolute Gasteiger partial charge is 0.434 e. The molecular weight excluding hydrogens is 465 g/mol. The molecule has 0 atom stereocenters. The third kappa shape index (κ3) is 4.09. The molecule has 172 valence electrons. The average molecular weight is 482 g/mol. The average Bonchev–Trinajstić information content (AvgIpc) is 3.27. The molecule has 0 spiro atoms. The minimum absolute atomic E-state index is 0.154. The molecule has 4 aromatic carbocycles. The maximum absolute atomic E-state index is 13.7. The number of thiol groups is 1. The normalized spacial score (nSPS) is 12.0. The van der Waals surface area contributed by atoms with E-state index in [0.717, 1.165) is 27.7 Å². The van der Waals surface area contributed by atoms with Crippen LogP contribution in [0.1, 0.15) is 5.69 Å². The van der Waals surface area contributed by atoms with Gasteiger partial charge in [-0.05, 0) is 51.9 Å². The van der Waals surface area contributed by atoms with Gasteiger partial charge in [0.25, 0.3) is 0 Å². The molecule has 6 nitrogen and oxygen atoms in total. The summed E-state index contributed by atoms with van der Waals surface area (Å²) in [7, 11) is -2.86. The molecule has 0 aliphatic rings. The minimum atomic E-state index is -4.63. The van der Waals surface area contributed by atoms with Crippen LogP contribution in [-0.4, -0.2) is 18.0 Å². The van der Waals surface area contributed by atoms with E-state index in [1.165, 1.54) is 4.57 Å². The van der Waals surface area contributed by atoms with Gasteiger partial charge in [-0.2, -0.15) is 13.2 Å². The van der Waals surface area contributed by atoms with E-state index in [-0.39, 0.29) is 5.82 Å². The zero-order chi connectivity index (χ0) is 23.9. The summed E-state index contributed by atoms with van der Waals surface area (Å²) in [4.78, 5) is 6.10. The van der Waals surface area contributed by atoms with E-state index < -0.39 is 22.8 Å². The molecule has 1 aromatic heterocycles. The van der Waals surface area contributed by atoms with Crippen molar-refractivity contribution >= 4 is 38.1 Å². The highest BCUT2D eigenvalue weighted by molar-refractivity contribution is 7.70. The number of hydrazine groups is 1. The van der Waals surface area contributed by atoms with E-state index in [1.54, 1.807) is 24.3 Å². The van der Waals surface area contributed by atoms with Crippen LogP contribution in [0.3, 0.4) is 0 Å². The quantitative estimate of drug-likeness (QED) is 0.180. The summed E-state index contributed by atoms with van der Waals surface area (Å²) in [5.74, 6) is 0.154. The van der Waals surface area contributed by atoms with Gasteiger partial charge in [0.1, 0.15) is 5.82 Å². The minimum Gasteiger partial charge on any atom is -0.308 e. The molecule has 0 bridgehead atoms. The summed E-state index contributed by atoms with van der Waals surface area (Å²) >= 11 is 0. The van der Waals surface area contributed by atoms with E-state index in [9.17, 15) is 21.6 Å². The Morgan fingerprint density at radius 3 is 1.97 bits per heavy atom. The molecule has 0 fully saturated rings. The lowest BCUT2D eigenvalue weighted by atomic mass is 9.96. The van der Waals surface area contributed by atoms with Crippen LogP contribution in [0.25, 0.3) is 38.6 Å². The van der Waals surface area contributed by atoms with E-state index >= 15 is 0 Å². The molecule has 0 amide bonds. The van der Waals surface area contributed by atoms with Gasteiger partial charge >= 0.3 is 6.18 Å². The third-order valence-electron chi connectivity index (χ3n) is 5.43. The predicted molar refractivity (Wildman–Crippen MR) is 126 cm³/mol. The second-order valence-electron chi connectivity index (χ2n) is 7.55. The van der Waals surface area contributed by atoms with Gasteiger partial charge in [-0.3, -0.25) is 4.57 Å². The number of aromatic nitrogens is 2. The maximum atomic E-state index is 13.7. The Balaban J connectivity index is 1.76. The third-order valence-corrected chi connectivity index (χ3v) is 5.72. The molecule has 34 heavy (non-hydrogen) atoms. The molecule has 0 unspecified atom stereocenters. The van der Waals surface area contributed by atoms with Crippen molar-refractivity contribution in [1.29, 1.82) is 0 Å². The standard InChI is InChI=1S/C24H17F3N4O2S/c25-24(26,27)21-14-31(18-11-9-17(10-12-18)29-30-34(32)33)23(28-21)22-19-7-3-1-5-15(19)13-16-6-2-4-8-20(16)22/h1-14,29,34H,(H,30,32,33). The van der Waals surface area contributed by atoms with E-state index in [0.29, 0.717) is 16.9 Å². The molecule has 0 saturated heterocycles. The lowest BCUT2D eigenvalue weighted by Crippen LogP contribution is -2.18. The fourth-order valence-electron chi connectivity index (χ4n) is 3.96. The van der Waals surface area contributed by atoms with E-state index in [2.05, 4.69) is 15.2 Å². The lowest BCUT2D eigenvalue weighted by Gasteiger charge is -2.14. The number of nitrogens with zero attached hydrogens (tertiary/aromatic N) is 2. The van der Waals surface area contributed by atoms with Gasteiger partial charge in [-0.15, -0.1) is 4.83 Å². The summed E-state index contributed by atoms with van der Waals surface area (Å²) in [5, 5.41) is 3.33. The Labute approximate surface area is 193 Å². The van der Waals surface area contributed by atoms with E-state index in [4.69, 9.17) is 0 Å². The summed E-state index contributed by atoms with van der Waals surface area (Å²) in [6.07, 6.45) is -3.66. The highest BCUT2D eigenvalue weighted by atomic mass is 32.2. The summed E-state index contributed by atoms with van der Waals surface area (Å²) in [5.41, 5.74) is 2.95. The zero-order valence-corrected chi connectivity index (χ0v) is 18.3. The molecule has 0 saturated carbocycles. The monoisotopic (exact) mass is 482 g/mol. The van der Waals surface area contributed by atoms with Crippen molar-refractivity contribution in [2.75, 3.05) is 5.43 Å². The van der Waals surface area contributed by atoms with Crippen LogP contribution in [0, 0.1) is 0 Å².